The van der Waals surface area contributed by atoms with Gasteiger partial charge in [0.05, 0.1) is 42.2 Å². The lowest BCUT2D eigenvalue weighted by molar-refractivity contribution is -0.385. The Hall–Kier alpha value is -3.55. The summed E-state index contributed by atoms with van der Waals surface area (Å²) in [6.45, 7) is 0.559. The Morgan fingerprint density at radius 1 is 1.18 bits per heavy atom. The molecule has 13 heteroatoms. The van der Waals surface area contributed by atoms with Crippen LogP contribution in [0.1, 0.15) is 10.4 Å². The lowest BCUT2D eigenvalue weighted by Crippen LogP contribution is -2.40. The number of fused-ring (bicyclic) bond motifs is 1. The van der Waals surface area contributed by atoms with Crippen molar-refractivity contribution in [2.45, 2.75) is 11.4 Å². The number of hydrogen-bond acceptors (Lipinski definition) is 9. The molecule has 174 valence electrons. The van der Waals surface area contributed by atoms with Crippen LogP contribution in [0.5, 0.6) is 5.75 Å². The summed E-state index contributed by atoms with van der Waals surface area (Å²) in [6.07, 6.45) is 0. The Morgan fingerprint density at radius 2 is 1.91 bits per heavy atom. The molecular weight excluding hydrogens is 458 g/mol. The van der Waals surface area contributed by atoms with E-state index in [0.29, 0.717) is 13.2 Å². The van der Waals surface area contributed by atoms with E-state index in [2.05, 4.69) is 0 Å². The van der Waals surface area contributed by atoms with Crippen molar-refractivity contribution in [3.63, 3.8) is 0 Å². The number of carbonyl (C=O) groups excluding carboxylic acids is 1. The third kappa shape index (κ3) is 4.25. The van der Waals surface area contributed by atoms with Gasteiger partial charge in [0, 0.05) is 30.8 Å². The van der Waals surface area contributed by atoms with Crippen LogP contribution in [0.15, 0.2) is 50.5 Å². The van der Waals surface area contributed by atoms with Crippen molar-refractivity contribution in [2.24, 2.45) is 0 Å². The normalized spacial score (nSPS) is 14.9. The smallest absolute Gasteiger partial charge is 0.420 e. The zero-order valence-corrected chi connectivity index (χ0v) is 18.2. The Kier molecular flexibility index (Phi) is 6.01. The second-order valence-electron chi connectivity index (χ2n) is 7.17. The predicted molar refractivity (Wildman–Crippen MR) is 114 cm³/mol. The van der Waals surface area contributed by atoms with E-state index in [4.69, 9.17) is 13.9 Å². The number of carbonyl (C=O) groups is 1. The third-order valence-corrected chi connectivity index (χ3v) is 7.14. The highest BCUT2D eigenvalue weighted by Gasteiger charge is 2.27. The standard InChI is InChI=1S/C20H19N3O9S/c1-30-18-5-2-13(10-16(18)23(26)27)17(24)12-22-15-4-3-14(11-19(15)32-20(22)25)33(28,29)21-6-8-31-9-7-21/h2-5,10-11H,6-9,12H2,1H3. The molecule has 0 spiro atoms. The molecule has 0 saturated carbocycles. The maximum absolute atomic E-state index is 12.8. The summed E-state index contributed by atoms with van der Waals surface area (Å²) >= 11 is 0. The maximum Gasteiger partial charge on any atom is 0.420 e. The van der Waals surface area contributed by atoms with Gasteiger partial charge in [-0.3, -0.25) is 19.5 Å². The summed E-state index contributed by atoms with van der Waals surface area (Å²) in [6, 6.07) is 7.68. The van der Waals surface area contributed by atoms with E-state index in [1.54, 1.807) is 0 Å². The predicted octanol–water partition coefficient (Wildman–Crippen LogP) is 1.42. The first-order valence-electron chi connectivity index (χ1n) is 9.79. The van der Waals surface area contributed by atoms with Gasteiger partial charge in [0.25, 0.3) is 0 Å². The number of hydrogen-bond donors (Lipinski definition) is 0. The molecule has 2 heterocycles. The first-order chi connectivity index (χ1) is 15.7. The molecule has 0 amide bonds. The Bertz CT molecular complexity index is 1400. The Labute approximate surface area is 187 Å². The van der Waals surface area contributed by atoms with E-state index in [0.717, 1.165) is 10.6 Å². The van der Waals surface area contributed by atoms with Crippen LogP contribution in [0.4, 0.5) is 5.69 Å². The van der Waals surface area contributed by atoms with Crippen molar-refractivity contribution in [1.29, 1.82) is 0 Å². The summed E-state index contributed by atoms with van der Waals surface area (Å²) in [7, 11) is -2.53. The number of methoxy groups -OCH3 is 1. The minimum absolute atomic E-state index is 0.00264. The molecule has 0 bridgehead atoms. The number of sulfonamides is 1. The van der Waals surface area contributed by atoms with Gasteiger partial charge in [-0.2, -0.15) is 4.31 Å². The van der Waals surface area contributed by atoms with Crippen LogP contribution in [-0.2, 0) is 21.3 Å². The molecule has 33 heavy (non-hydrogen) atoms. The van der Waals surface area contributed by atoms with Crippen molar-refractivity contribution < 1.29 is 32.0 Å². The summed E-state index contributed by atoms with van der Waals surface area (Å²) in [4.78, 5) is 35.6. The Morgan fingerprint density at radius 3 is 2.58 bits per heavy atom. The number of rotatable bonds is 7. The molecule has 0 N–H and O–H groups in total. The molecule has 12 nitrogen and oxygen atoms in total. The Balaban J connectivity index is 1.65. The molecule has 4 rings (SSSR count). The fourth-order valence-electron chi connectivity index (χ4n) is 3.53. The van der Waals surface area contributed by atoms with Gasteiger partial charge in [0.2, 0.25) is 10.0 Å². The van der Waals surface area contributed by atoms with Gasteiger partial charge in [-0.25, -0.2) is 13.2 Å². The van der Waals surface area contributed by atoms with Crippen molar-refractivity contribution in [1.82, 2.24) is 8.87 Å². The third-order valence-electron chi connectivity index (χ3n) is 5.25. The van der Waals surface area contributed by atoms with E-state index in [-0.39, 0.29) is 46.1 Å². The SMILES string of the molecule is COc1ccc(C(=O)Cn2c(=O)oc3cc(S(=O)(=O)N4CCOCC4)ccc32)cc1[N+](=O)[O-]. The lowest BCUT2D eigenvalue weighted by atomic mass is 10.1. The quantitative estimate of drug-likeness (QED) is 0.279. The highest BCUT2D eigenvalue weighted by molar-refractivity contribution is 7.89. The van der Waals surface area contributed by atoms with Crippen LogP contribution in [0.2, 0.25) is 0 Å². The van der Waals surface area contributed by atoms with E-state index >= 15 is 0 Å². The largest absolute Gasteiger partial charge is 0.490 e. The molecule has 1 aliphatic rings. The highest BCUT2D eigenvalue weighted by atomic mass is 32.2. The molecule has 0 unspecified atom stereocenters. The van der Waals surface area contributed by atoms with Gasteiger partial charge in [-0.1, -0.05) is 0 Å². The first-order valence-corrected chi connectivity index (χ1v) is 11.2. The van der Waals surface area contributed by atoms with Crippen LogP contribution in [0.3, 0.4) is 0 Å². The zero-order chi connectivity index (χ0) is 23.8. The number of nitro benzene ring substituents is 1. The van der Waals surface area contributed by atoms with Gasteiger partial charge in [0.15, 0.2) is 17.1 Å². The second-order valence-corrected chi connectivity index (χ2v) is 9.10. The van der Waals surface area contributed by atoms with Gasteiger partial charge in [-0.15, -0.1) is 0 Å². The first kappa shape index (κ1) is 22.6. The molecule has 1 aliphatic heterocycles. The van der Waals surface area contributed by atoms with E-state index in [9.17, 15) is 28.1 Å². The number of ketones is 1. The molecule has 0 radical (unpaired) electrons. The van der Waals surface area contributed by atoms with Crippen molar-refractivity contribution in [2.75, 3.05) is 33.4 Å². The van der Waals surface area contributed by atoms with Crippen LogP contribution in [0.25, 0.3) is 11.1 Å². The molecular formula is C20H19N3O9S. The second kappa shape index (κ2) is 8.77. The number of oxazole rings is 1. The van der Waals surface area contributed by atoms with E-state index in [1.807, 2.05) is 0 Å². The van der Waals surface area contributed by atoms with Crippen LogP contribution < -0.4 is 10.5 Å². The lowest BCUT2D eigenvalue weighted by Gasteiger charge is -2.25. The number of nitrogens with zero attached hydrogens (tertiary/aromatic N) is 3. The summed E-state index contributed by atoms with van der Waals surface area (Å²) in [5, 5.41) is 11.2. The summed E-state index contributed by atoms with van der Waals surface area (Å²) < 4.78 is 43.3. The molecule has 3 aromatic rings. The number of nitro groups is 1. The van der Waals surface area contributed by atoms with E-state index in [1.165, 1.54) is 41.7 Å². The molecule has 2 aromatic carbocycles. The molecule has 0 aliphatic carbocycles. The molecule has 1 saturated heterocycles. The molecule has 0 atom stereocenters. The summed E-state index contributed by atoms with van der Waals surface area (Å²) in [5.74, 6) is -1.44. The average Bonchev–Trinajstić information content (AvgIpc) is 3.13. The van der Waals surface area contributed by atoms with Crippen molar-refractivity contribution >= 4 is 32.6 Å². The zero-order valence-electron chi connectivity index (χ0n) is 17.4. The minimum Gasteiger partial charge on any atom is -0.490 e. The molecule has 1 fully saturated rings. The van der Waals surface area contributed by atoms with Crippen LogP contribution >= 0.6 is 0 Å². The van der Waals surface area contributed by atoms with Gasteiger partial charge in [0.1, 0.15) is 0 Å². The fraction of sp³-hybridized carbons (Fsp3) is 0.300. The summed E-state index contributed by atoms with van der Waals surface area (Å²) in [5.41, 5.74) is -0.152. The number of morpholine rings is 1. The topological polar surface area (TPSA) is 151 Å². The maximum atomic E-state index is 12.8. The van der Waals surface area contributed by atoms with Gasteiger partial charge >= 0.3 is 11.4 Å². The van der Waals surface area contributed by atoms with Crippen molar-refractivity contribution in [3.05, 3.63) is 62.6 Å². The number of Topliss-reactive ketones (excluding diaryl/α,β-unsaturated/α-hetero) is 1. The fourth-order valence-corrected chi connectivity index (χ4v) is 4.96. The molecule has 1 aromatic heterocycles. The van der Waals surface area contributed by atoms with Crippen LogP contribution in [0, 0.1) is 10.1 Å². The minimum atomic E-state index is -3.80. The number of aromatic nitrogens is 1. The van der Waals surface area contributed by atoms with Crippen molar-refractivity contribution in [3.8, 4) is 5.75 Å². The van der Waals surface area contributed by atoms with Gasteiger partial charge < -0.3 is 13.9 Å². The number of ether oxygens (including phenoxy) is 2. The van der Waals surface area contributed by atoms with Gasteiger partial charge in [-0.05, 0) is 24.3 Å². The average molecular weight is 477 g/mol. The highest BCUT2D eigenvalue weighted by Crippen LogP contribution is 2.28. The van der Waals surface area contributed by atoms with E-state index < -0.39 is 33.0 Å². The van der Waals surface area contributed by atoms with Crippen LogP contribution in [-0.4, -0.2) is 61.4 Å². The monoisotopic (exact) mass is 477 g/mol. The number of benzene rings is 2.